The van der Waals surface area contributed by atoms with E-state index in [4.69, 9.17) is 0 Å². The zero-order valence-corrected chi connectivity index (χ0v) is 17.6. The highest BCUT2D eigenvalue weighted by atomic mass is 16.2. The summed E-state index contributed by atoms with van der Waals surface area (Å²) in [6, 6.07) is 13.0. The van der Waals surface area contributed by atoms with Crippen LogP contribution in [-0.4, -0.2) is 35.8 Å². The summed E-state index contributed by atoms with van der Waals surface area (Å²) >= 11 is 0. The van der Waals surface area contributed by atoms with Gasteiger partial charge in [-0.1, -0.05) is 35.9 Å². The van der Waals surface area contributed by atoms with Crippen molar-refractivity contribution in [3.8, 4) is 0 Å². The van der Waals surface area contributed by atoms with E-state index >= 15 is 0 Å². The lowest BCUT2D eigenvalue weighted by Gasteiger charge is -2.33. The van der Waals surface area contributed by atoms with Crippen LogP contribution in [0.25, 0.3) is 0 Å². The normalized spacial score (nSPS) is 22.0. The first-order chi connectivity index (χ1) is 14.3. The second-order valence-corrected chi connectivity index (χ2v) is 8.54. The lowest BCUT2D eigenvalue weighted by Crippen LogP contribution is -2.40. The van der Waals surface area contributed by atoms with E-state index in [1.807, 2.05) is 4.90 Å². The van der Waals surface area contributed by atoms with Gasteiger partial charge in [-0.2, -0.15) is 0 Å². The number of aryl methyl sites for hydroxylation is 2. The number of carbonyl (C=O) groups excluding carboxylic acids is 3. The van der Waals surface area contributed by atoms with Crippen molar-refractivity contribution in [3.63, 3.8) is 0 Å². The third kappa shape index (κ3) is 3.58. The van der Waals surface area contributed by atoms with Gasteiger partial charge in [0.05, 0.1) is 0 Å². The standard InChI is InChI=1S/C24H27N3O3/c1-15-4-9-20(16(2)14-15)17-10-12-27(13-11-17)21(28)18-5-7-19(8-6-18)24(3)22(29)25-23(30)26-24/h4-9,14,17H,10-13H2,1-3H3,(H2,25,26,29,30). The van der Waals surface area contributed by atoms with Crippen molar-refractivity contribution in [2.45, 2.75) is 45.1 Å². The molecule has 0 radical (unpaired) electrons. The first kappa shape index (κ1) is 20.1. The summed E-state index contributed by atoms with van der Waals surface area (Å²) in [7, 11) is 0. The first-order valence-electron chi connectivity index (χ1n) is 10.4. The molecule has 0 spiro atoms. The number of hydrogen-bond donors (Lipinski definition) is 2. The SMILES string of the molecule is Cc1ccc(C2CCN(C(=O)c3ccc(C4(C)NC(=O)NC4=O)cc3)CC2)c(C)c1. The molecule has 6 nitrogen and oxygen atoms in total. The number of amides is 4. The minimum absolute atomic E-state index is 0.00527. The average Bonchev–Trinajstić information content (AvgIpc) is 3.00. The highest BCUT2D eigenvalue weighted by molar-refractivity contribution is 6.07. The number of likely N-dealkylation sites (tertiary alicyclic amines) is 1. The van der Waals surface area contributed by atoms with E-state index in [-0.39, 0.29) is 11.8 Å². The lowest BCUT2D eigenvalue weighted by molar-refractivity contribution is -0.123. The molecular weight excluding hydrogens is 378 g/mol. The number of nitrogens with one attached hydrogen (secondary N) is 2. The van der Waals surface area contributed by atoms with Gasteiger partial charge in [0.15, 0.2) is 0 Å². The van der Waals surface area contributed by atoms with Crippen molar-refractivity contribution >= 4 is 17.8 Å². The van der Waals surface area contributed by atoms with Crippen molar-refractivity contribution in [2.24, 2.45) is 0 Å². The Hall–Kier alpha value is -3.15. The van der Waals surface area contributed by atoms with Crippen LogP contribution < -0.4 is 10.6 Å². The Morgan fingerprint density at radius 1 is 1.03 bits per heavy atom. The first-order valence-corrected chi connectivity index (χ1v) is 10.4. The molecule has 4 amide bonds. The quantitative estimate of drug-likeness (QED) is 0.769. The third-order valence-electron chi connectivity index (χ3n) is 6.40. The smallest absolute Gasteiger partial charge is 0.322 e. The third-order valence-corrected chi connectivity index (χ3v) is 6.40. The molecule has 30 heavy (non-hydrogen) atoms. The highest BCUT2D eigenvalue weighted by Crippen LogP contribution is 2.31. The summed E-state index contributed by atoms with van der Waals surface area (Å²) in [6.45, 7) is 7.39. The molecule has 2 saturated heterocycles. The van der Waals surface area contributed by atoms with E-state index in [9.17, 15) is 14.4 Å². The fourth-order valence-corrected chi connectivity index (χ4v) is 4.55. The van der Waals surface area contributed by atoms with Crippen molar-refractivity contribution < 1.29 is 14.4 Å². The molecule has 0 aromatic heterocycles. The summed E-state index contributed by atoms with van der Waals surface area (Å²) in [6.07, 6.45) is 1.91. The summed E-state index contributed by atoms with van der Waals surface area (Å²) in [4.78, 5) is 38.4. The van der Waals surface area contributed by atoms with Gasteiger partial charge in [-0.15, -0.1) is 0 Å². The summed E-state index contributed by atoms with van der Waals surface area (Å²) in [5.74, 6) is 0.104. The van der Waals surface area contributed by atoms with Gasteiger partial charge in [0.1, 0.15) is 5.54 Å². The molecule has 0 saturated carbocycles. The van der Waals surface area contributed by atoms with Gasteiger partial charge in [-0.05, 0) is 68.4 Å². The van der Waals surface area contributed by atoms with E-state index in [1.54, 1.807) is 31.2 Å². The number of carbonyl (C=O) groups is 3. The van der Waals surface area contributed by atoms with Crippen molar-refractivity contribution in [1.29, 1.82) is 0 Å². The summed E-state index contributed by atoms with van der Waals surface area (Å²) in [5.41, 5.74) is 4.13. The molecule has 6 heteroatoms. The Balaban J connectivity index is 1.42. The molecule has 2 N–H and O–H groups in total. The molecule has 4 rings (SSSR count). The maximum atomic E-state index is 13.0. The van der Waals surface area contributed by atoms with Crippen LogP contribution >= 0.6 is 0 Å². The molecule has 2 aromatic rings. The second kappa shape index (κ2) is 7.59. The van der Waals surface area contributed by atoms with Crippen molar-refractivity contribution in [2.75, 3.05) is 13.1 Å². The fourth-order valence-electron chi connectivity index (χ4n) is 4.55. The molecule has 2 aromatic carbocycles. The molecule has 2 aliphatic rings. The van der Waals surface area contributed by atoms with E-state index in [0.29, 0.717) is 17.0 Å². The molecular formula is C24H27N3O3. The summed E-state index contributed by atoms with van der Waals surface area (Å²) in [5, 5.41) is 4.90. The minimum atomic E-state index is -1.11. The zero-order valence-electron chi connectivity index (χ0n) is 17.6. The van der Waals surface area contributed by atoms with Crippen LogP contribution in [0.5, 0.6) is 0 Å². The average molecular weight is 405 g/mol. The monoisotopic (exact) mass is 405 g/mol. The van der Waals surface area contributed by atoms with Crippen LogP contribution in [0.1, 0.15) is 58.3 Å². The van der Waals surface area contributed by atoms with Gasteiger partial charge in [0.25, 0.3) is 11.8 Å². The maximum Gasteiger partial charge on any atom is 0.322 e. The number of piperidine rings is 1. The van der Waals surface area contributed by atoms with Crippen molar-refractivity contribution in [3.05, 3.63) is 70.3 Å². The predicted octanol–water partition coefficient (Wildman–Crippen LogP) is 3.38. The molecule has 2 heterocycles. The molecule has 2 aliphatic heterocycles. The molecule has 0 bridgehead atoms. The van der Waals surface area contributed by atoms with Crippen LogP contribution in [0.15, 0.2) is 42.5 Å². The minimum Gasteiger partial charge on any atom is -0.339 e. The van der Waals surface area contributed by atoms with Gasteiger partial charge in [-0.3, -0.25) is 14.9 Å². The van der Waals surface area contributed by atoms with Gasteiger partial charge >= 0.3 is 6.03 Å². The number of urea groups is 1. The molecule has 156 valence electrons. The topological polar surface area (TPSA) is 78.5 Å². The summed E-state index contributed by atoms with van der Waals surface area (Å²) < 4.78 is 0. The number of imide groups is 1. The fraction of sp³-hybridized carbons (Fsp3) is 0.375. The van der Waals surface area contributed by atoms with Crippen LogP contribution in [0.2, 0.25) is 0 Å². The second-order valence-electron chi connectivity index (χ2n) is 8.54. The van der Waals surface area contributed by atoms with E-state index in [2.05, 4.69) is 42.7 Å². The van der Waals surface area contributed by atoms with Crippen LogP contribution in [-0.2, 0) is 10.3 Å². The molecule has 1 atom stereocenters. The highest BCUT2D eigenvalue weighted by Gasteiger charge is 2.43. The number of nitrogens with zero attached hydrogens (tertiary/aromatic N) is 1. The Morgan fingerprint density at radius 3 is 2.27 bits per heavy atom. The number of rotatable bonds is 3. The van der Waals surface area contributed by atoms with E-state index in [0.717, 1.165) is 25.9 Å². The van der Waals surface area contributed by atoms with Crippen LogP contribution in [0, 0.1) is 13.8 Å². The van der Waals surface area contributed by atoms with E-state index in [1.165, 1.54) is 16.7 Å². The van der Waals surface area contributed by atoms with Gasteiger partial charge in [0.2, 0.25) is 0 Å². The van der Waals surface area contributed by atoms with Crippen LogP contribution in [0.3, 0.4) is 0 Å². The van der Waals surface area contributed by atoms with Gasteiger partial charge in [0, 0.05) is 18.7 Å². The Labute approximate surface area is 176 Å². The predicted molar refractivity (Wildman–Crippen MR) is 114 cm³/mol. The van der Waals surface area contributed by atoms with E-state index < -0.39 is 11.6 Å². The lowest BCUT2D eigenvalue weighted by atomic mass is 9.86. The largest absolute Gasteiger partial charge is 0.339 e. The molecule has 2 fully saturated rings. The number of benzene rings is 2. The Bertz CT molecular complexity index is 1010. The van der Waals surface area contributed by atoms with Gasteiger partial charge < -0.3 is 10.2 Å². The van der Waals surface area contributed by atoms with Crippen LogP contribution in [0.4, 0.5) is 4.79 Å². The maximum absolute atomic E-state index is 13.0. The molecule has 1 unspecified atom stereocenters. The Kier molecular flexibility index (Phi) is 5.10. The number of hydrogen-bond acceptors (Lipinski definition) is 3. The Morgan fingerprint density at radius 2 is 1.70 bits per heavy atom. The van der Waals surface area contributed by atoms with Gasteiger partial charge in [-0.25, -0.2) is 4.79 Å². The zero-order chi connectivity index (χ0) is 21.5. The molecule has 0 aliphatic carbocycles. The van der Waals surface area contributed by atoms with Crippen molar-refractivity contribution in [1.82, 2.24) is 15.5 Å².